The molecule has 2 aromatic rings. The zero-order chi connectivity index (χ0) is 16.8. The number of thiophene rings is 1. The minimum Gasteiger partial charge on any atom is -0.311 e. The average Bonchev–Trinajstić information content (AvgIpc) is 3.29. The van der Waals surface area contributed by atoms with Gasteiger partial charge in [0.15, 0.2) is 0 Å². The lowest BCUT2D eigenvalue weighted by Gasteiger charge is -2.23. The minimum absolute atomic E-state index is 0.0901. The Bertz CT molecular complexity index is 849. The highest BCUT2D eigenvalue weighted by Crippen LogP contribution is 2.43. The van der Waals surface area contributed by atoms with Crippen LogP contribution >= 0.6 is 11.3 Å². The zero-order valence-corrected chi connectivity index (χ0v) is 14.7. The van der Waals surface area contributed by atoms with E-state index in [-0.39, 0.29) is 11.3 Å². The molecular formula is C17H18N2O3S2. The lowest BCUT2D eigenvalue weighted by atomic mass is 9.86. The molecule has 2 saturated heterocycles. The molecule has 5 nitrogen and oxygen atoms in total. The molecule has 1 unspecified atom stereocenters. The van der Waals surface area contributed by atoms with Crippen molar-refractivity contribution < 1.29 is 13.2 Å². The second kappa shape index (κ2) is 5.68. The molecule has 0 aliphatic carbocycles. The fraction of sp³-hybridized carbons (Fsp3) is 0.353. The Balaban J connectivity index is 1.56. The van der Waals surface area contributed by atoms with E-state index in [9.17, 15) is 13.2 Å². The van der Waals surface area contributed by atoms with Crippen molar-refractivity contribution >= 4 is 33.0 Å². The monoisotopic (exact) mass is 362 g/mol. The summed E-state index contributed by atoms with van der Waals surface area (Å²) in [4.78, 5) is 14.5. The Morgan fingerprint density at radius 2 is 1.88 bits per heavy atom. The summed E-state index contributed by atoms with van der Waals surface area (Å²) in [7, 11) is -3.49. The van der Waals surface area contributed by atoms with E-state index >= 15 is 0 Å². The van der Waals surface area contributed by atoms with Gasteiger partial charge in [-0.15, -0.1) is 0 Å². The van der Waals surface area contributed by atoms with E-state index in [2.05, 4.69) is 0 Å². The van der Waals surface area contributed by atoms with E-state index in [1.54, 1.807) is 46.6 Å². The summed E-state index contributed by atoms with van der Waals surface area (Å²) in [6.45, 7) is 1.49. The Morgan fingerprint density at radius 3 is 2.58 bits per heavy atom. The highest BCUT2D eigenvalue weighted by molar-refractivity contribution is 7.89. The van der Waals surface area contributed by atoms with Gasteiger partial charge in [-0.3, -0.25) is 4.79 Å². The van der Waals surface area contributed by atoms with Gasteiger partial charge in [0.25, 0.3) is 0 Å². The summed E-state index contributed by atoms with van der Waals surface area (Å²) in [6, 6.07) is 10.5. The molecule has 126 valence electrons. The van der Waals surface area contributed by atoms with Crippen LogP contribution in [0.4, 0.5) is 5.69 Å². The third-order valence-electron chi connectivity index (χ3n) is 4.92. The maximum atomic E-state index is 12.8. The van der Waals surface area contributed by atoms with E-state index in [0.717, 1.165) is 12.1 Å². The predicted octanol–water partition coefficient (Wildman–Crippen LogP) is 2.57. The Hall–Kier alpha value is -1.70. The lowest BCUT2D eigenvalue weighted by molar-refractivity contribution is -0.117. The third-order valence-corrected chi connectivity index (χ3v) is 7.45. The van der Waals surface area contributed by atoms with Crippen molar-refractivity contribution in [1.82, 2.24) is 4.31 Å². The van der Waals surface area contributed by atoms with Gasteiger partial charge in [0.05, 0.1) is 10.6 Å². The highest BCUT2D eigenvalue weighted by atomic mass is 32.2. The van der Waals surface area contributed by atoms with Crippen LogP contribution in [0, 0.1) is 5.41 Å². The number of amides is 1. The Labute approximate surface area is 145 Å². The first-order chi connectivity index (χ1) is 11.5. The van der Waals surface area contributed by atoms with Crippen LogP contribution in [0.2, 0.25) is 0 Å². The number of carbonyl (C=O) groups is 1. The third kappa shape index (κ3) is 2.56. The van der Waals surface area contributed by atoms with Gasteiger partial charge in [-0.1, -0.05) is 18.2 Å². The number of sulfonamides is 1. The number of benzene rings is 1. The summed E-state index contributed by atoms with van der Waals surface area (Å²) in [5.41, 5.74) is 0.659. The number of nitrogens with zero attached hydrogens (tertiary/aromatic N) is 2. The van der Waals surface area contributed by atoms with Crippen LogP contribution in [0.3, 0.4) is 0 Å². The maximum Gasteiger partial charge on any atom is 0.243 e. The second-order valence-electron chi connectivity index (χ2n) is 6.54. The van der Waals surface area contributed by atoms with Gasteiger partial charge in [0.1, 0.15) is 0 Å². The molecule has 0 N–H and O–H groups in total. The number of rotatable bonds is 3. The van der Waals surface area contributed by atoms with Crippen LogP contribution in [-0.4, -0.2) is 38.3 Å². The molecule has 2 aliphatic rings. The average molecular weight is 362 g/mol. The van der Waals surface area contributed by atoms with Gasteiger partial charge >= 0.3 is 0 Å². The van der Waals surface area contributed by atoms with E-state index in [4.69, 9.17) is 0 Å². The molecule has 1 spiro atoms. The van der Waals surface area contributed by atoms with Crippen LogP contribution in [0.1, 0.15) is 12.8 Å². The fourth-order valence-electron chi connectivity index (χ4n) is 3.66. The number of anilines is 1. The van der Waals surface area contributed by atoms with Crippen LogP contribution in [0.15, 0.2) is 52.1 Å². The predicted molar refractivity (Wildman–Crippen MR) is 93.5 cm³/mol. The van der Waals surface area contributed by atoms with Crippen molar-refractivity contribution in [3.05, 3.63) is 47.2 Å². The minimum atomic E-state index is -3.49. The summed E-state index contributed by atoms with van der Waals surface area (Å²) in [5.74, 6) is 0.0901. The van der Waals surface area contributed by atoms with Crippen molar-refractivity contribution in [1.29, 1.82) is 0 Å². The largest absolute Gasteiger partial charge is 0.311 e. The van der Waals surface area contributed by atoms with Gasteiger partial charge in [0, 0.05) is 36.9 Å². The van der Waals surface area contributed by atoms with Crippen LogP contribution in [0.25, 0.3) is 0 Å². The smallest absolute Gasteiger partial charge is 0.243 e. The molecule has 3 heterocycles. The van der Waals surface area contributed by atoms with Crippen LogP contribution < -0.4 is 4.90 Å². The van der Waals surface area contributed by atoms with Gasteiger partial charge < -0.3 is 4.90 Å². The highest BCUT2D eigenvalue weighted by Gasteiger charge is 2.50. The molecule has 4 rings (SSSR count). The van der Waals surface area contributed by atoms with Gasteiger partial charge in [-0.25, -0.2) is 8.42 Å². The molecule has 24 heavy (non-hydrogen) atoms. The number of carbonyl (C=O) groups excluding carboxylic acids is 1. The first-order valence-corrected chi connectivity index (χ1v) is 10.3. The normalized spacial score (nSPS) is 25.0. The van der Waals surface area contributed by atoms with Crippen molar-refractivity contribution in [2.24, 2.45) is 5.41 Å². The molecule has 7 heteroatoms. The number of hydrogen-bond donors (Lipinski definition) is 0. The lowest BCUT2D eigenvalue weighted by Crippen LogP contribution is -2.34. The zero-order valence-electron chi connectivity index (χ0n) is 13.1. The van der Waals surface area contributed by atoms with Crippen LogP contribution in [0.5, 0.6) is 0 Å². The van der Waals surface area contributed by atoms with E-state index < -0.39 is 10.0 Å². The van der Waals surface area contributed by atoms with Crippen molar-refractivity contribution in [3.8, 4) is 0 Å². The van der Waals surface area contributed by atoms with Gasteiger partial charge in [-0.2, -0.15) is 15.6 Å². The topological polar surface area (TPSA) is 57.7 Å². The number of hydrogen-bond acceptors (Lipinski definition) is 4. The van der Waals surface area contributed by atoms with E-state index in [1.807, 2.05) is 16.8 Å². The van der Waals surface area contributed by atoms with Crippen molar-refractivity contribution in [2.75, 3.05) is 24.5 Å². The molecule has 2 fully saturated rings. The standard InChI is InChI=1S/C17H18N2O3S2/c20-16-10-17(13-19(16)14-6-9-23-11-14)7-8-18(12-17)24(21,22)15-4-2-1-3-5-15/h1-6,9,11H,7-8,10,12-13H2. The SMILES string of the molecule is O=C1CC2(CCN(S(=O)(=O)c3ccccc3)C2)CN1c1ccsc1. The molecule has 1 aromatic carbocycles. The molecule has 1 amide bonds. The summed E-state index contributed by atoms with van der Waals surface area (Å²) in [5, 5.41) is 3.92. The molecule has 2 aliphatic heterocycles. The van der Waals surface area contributed by atoms with E-state index in [1.165, 1.54) is 4.31 Å². The first kappa shape index (κ1) is 15.8. The Kier molecular flexibility index (Phi) is 3.74. The summed E-state index contributed by atoms with van der Waals surface area (Å²) >= 11 is 1.56. The summed E-state index contributed by atoms with van der Waals surface area (Å²) < 4.78 is 27.1. The fourth-order valence-corrected chi connectivity index (χ4v) is 5.87. The molecular weight excluding hydrogens is 344 g/mol. The molecule has 0 radical (unpaired) electrons. The molecule has 0 saturated carbocycles. The van der Waals surface area contributed by atoms with Crippen LogP contribution in [-0.2, 0) is 14.8 Å². The van der Waals surface area contributed by atoms with Crippen molar-refractivity contribution in [2.45, 2.75) is 17.7 Å². The second-order valence-corrected chi connectivity index (χ2v) is 9.26. The first-order valence-electron chi connectivity index (χ1n) is 7.88. The molecule has 1 aromatic heterocycles. The van der Waals surface area contributed by atoms with Gasteiger partial charge in [0.2, 0.25) is 15.9 Å². The maximum absolute atomic E-state index is 12.8. The molecule has 0 bridgehead atoms. The molecule has 1 atom stereocenters. The van der Waals surface area contributed by atoms with Crippen molar-refractivity contribution in [3.63, 3.8) is 0 Å². The Morgan fingerprint density at radius 1 is 1.08 bits per heavy atom. The van der Waals surface area contributed by atoms with E-state index in [0.29, 0.717) is 31.0 Å². The summed E-state index contributed by atoms with van der Waals surface area (Å²) in [6.07, 6.45) is 1.15. The quantitative estimate of drug-likeness (QED) is 0.843. The van der Waals surface area contributed by atoms with Gasteiger partial charge in [-0.05, 0) is 30.0 Å².